The van der Waals surface area contributed by atoms with Crippen LogP contribution in [0.5, 0.6) is 0 Å². The van der Waals surface area contributed by atoms with Crippen LogP contribution in [0, 0.1) is 0 Å². The van der Waals surface area contributed by atoms with E-state index in [9.17, 15) is 4.79 Å². The van der Waals surface area contributed by atoms with Crippen molar-refractivity contribution in [2.24, 2.45) is 0 Å². The summed E-state index contributed by atoms with van der Waals surface area (Å²) in [6, 6.07) is 7.27. The number of nitrogens with zero attached hydrogens (tertiary/aromatic N) is 4. The second-order valence-corrected chi connectivity index (χ2v) is 3.25. The molecule has 0 radical (unpaired) electrons. The normalized spacial score (nSPS) is 10.8. The molecular formula is C10H7N5O. The van der Waals surface area contributed by atoms with Crippen LogP contribution in [-0.2, 0) is 0 Å². The summed E-state index contributed by atoms with van der Waals surface area (Å²) in [4.78, 5) is 19.5. The van der Waals surface area contributed by atoms with E-state index < -0.39 is 0 Å². The molecule has 0 fully saturated rings. The molecule has 0 aliphatic rings. The van der Waals surface area contributed by atoms with Crippen LogP contribution in [0.15, 0.2) is 41.6 Å². The minimum atomic E-state index is -0.296. The molecular weight excluding hydrogens is 206 g/mol. The average molecular weight is 213 g/mol. The van der Waals surface area contributed by atoms with E-state index in [1.807, 2.05) is 18.2 Å². The lowest BCUT2D eigenvalue weighted by atomic mass is 10.2. The summed E-state index contributed by atoms with van der Waals surface area (Å²) < 4.78 is 1.34. The summed E-state index contributed by atoms with van der Waals surface area (Å²) >= 11 is 0. The quantitative estimate of drug-likeness (QED) is 0.637. The van der Waals surface area contributed by atoms with Crippen LogP contribution >= 0.6 is 0 Å². The molecule has 0 aromatic carbocycles. The number of pyridine rings is 1. The van der Waals surface area contributed by atoms with Crippen LogP contribution in [0.2, 0.25) is 0 Å². The second-order valence-electron chi connectivity index (χ2n) is 3.25. The van der Waals surface area contributed by atoms with Crippen LogP contribution in [0.3, 0.4) is 0 Å². The van der Waals surface area contributed by atoms with Crippen molar-refractivity contribution in [3.05, 3.63) is 47.3 Å². The van der Waals surface area contributed by atoms with Crippen molar-refractivity contribution < 1.29 is 0 Å². The SMILES string of the molecule is O=c1[nH]nc2cc(-c3ccccn3)ncn12. The van der Waals surface area contributed by atoms with Gasteiger partial charge in [-0.2, -0.15) is 5.10 Å². The molecule has 0 saturated carbocycles. The van der Waals surface area contributed by atoms with Gasteiger partial charge in [-0.05, 0) is 12.1 Å². The second kappa shape index (κ2) is 3.27. The van der Waals surface area contributed by atoms with E-state index in [4.69, 9.17) is 0 Å². The zero-order chi connectivity index (χ0) is 11.0. The van der Waals surface area contributed by atoms with E-state index in [0.717, 1.165) is 5.69 Å². The molecule has 0 saturated heterocycles. The molecule has 6 nitrogen and oxygen atoms in total. The van der Waals surface area contributed by atoms with Crippen molar-refractivity contribution in [2.75, 3.05) is 0 Å². The highest BCUT2D eigenvalue weighted by atomic mass is 16.1. The van der Waals surface area contributed by atoms with Gasteiger partial charge in [0.2, 0.25) is 0 Å². The summed E-state index contributed by atoms with van der Waals surface area (Å²) in [7, 11) is 0. The van der Waals surface area contributed by atoms with E-state index in [2.05, 4.69) is 20.2 Å². The van der Waals surface area contributed by atoms with Gasteiger partial charge in [-0.3, -0.25) is 4.98 Å². The standard InChI is InChI=1S/C10H7N5O/c16-10-14-13-9-5-8(12-6-15(9)10)7-3-1-2-4-11-7/h1-6H,(H,14,16). The fourth-order valence-corrected chi connectivity index (χ4v) is 1.46. The number of rotatable bonds is 1. The van der Waals surface area contributed by atoms with Gasteiger partial charge >= 0.3 is 5.69 Å². The fraction of sp³-hybridized carbons (Fsp3) is 0. The van der Waals surface area contributed by atoms with E-state index in [1.54, 1.807) is 12.3 Å². The Morgan fingerprint density at radius 2 is 2.12 bits per heavy atom. The molecule has 0 atom stereocenters. The number of nitrogens with one attached hydrogen (secondary N) is 1. The molecule has 3 aromatic rings. The third-order valence-corrected chi connectivity index (χ3v) is 2.24. The van der Waals surface area contributed by atoms with Crippen LogP contribution in [0.25, 0.3) is 17.0 Å². The maximum Gasteiger partial charge on any atom is 0.348 e. The van der Waals surface area contributed by atoms with Crippen LogP contribution in [-0.4, -0.2) is 24.6 Å². The van der Waals surface area contributed by atoms with Gasteiger partial charge < -0.3 is 0 Å². The molecule has 3 aromatic heterocycles. The molecule has 0 amide bonds. The van der Waals surface area contributed by atoms with E-state index in [0.29, 0.717) is 11.3 Å². The zero-order valence-electron chi connectivity index (χ0n) is 8.16. The molecule has 1 N–H and O–H groups in total. The first-order valence-corrected chi connectivity index (χ1v) is 4.69. The highest BCUT2D eigenvalue weighted by Crippen LogP contribution is 2.13. The Kier molecular flexibility index (Phi) is 1.79. The van der Waals surface area contributed by atoms with Crippen LogP contribution in [0.1, 0.15) is 0 Å². The predicted molar refractivity (Wildman–Crippen MR) is 56.8 cm³/mol. The molecule has 0 bridgehead atoms. The number of aromatic amines is 1. The molecule has 16 heavy (non-hydrogen) atoms. The Morgan fingerprint density at radius 1 is 1.19 bits per heavy atom. The third-order valence-electron chi connectivity index (χ3n) is 2.24. The molecule has 3 rings (SSSR count). The maximum atomic E-state index is 11.2. The Hall–Kier alpha value is -2.50. The van der Waals surface area contributed by atoms with Gasteiger partial charge in [-0.1, -0.05) is 6.07 Å². The first kappa shape index (κ1) is 8.78. The Bertz CT molecular complexity index is 685. The Balaban J connectivity index is 2.23. The lowest BCUT2D eigenvalue weighted by molar-refractivity contribution is 0.997. The minimum absolute atomic E-state index is 0.296. The highest BCUT2D eigenvalue weighted by Gasteiger charge is 2.04. The number of hydrogen-bond acceptors (Lipinski definition) is 4. The summed E-state index contributed by atoms with van der Waals surface area (Å²) in [6.07, 6.45) is 3.13. The molecule has 0 aliphatic carbocycles. The van der Waals surface area contributed by atoms with Gasteiger partial charge in [0.15, 0.2) is 5.65 Å². The minimum Gasteiger partial charge on any atom is -0.255 e. The molecule has 3 heterocycles. The average Bonchev–Trinajstić information content (AvgIpc) is 2.72. The van der Waals surface area contributed by atoms with Gasteiger partial charge in [0.1, 0.15) is 6.33 Å². The summed E-state index contributed by atoms with van der Waals surface area (Å²) in [5.74, 6) is 0. The predicted octanol–water partition coefficient (Wildman–Crippen LogP) is 0.480. The maximum absolute atomic E-state index is 11.2. The topological polar surface area (TPSA) is 75.9 Å². The molecule has 0 spiro atoms. The van der Waals surface area contributed by atoms with Crippen LogP contribution < -0.4 is 5.69 Å². The van der Waals surface area contributed by atoms with E-state index in [-0.39, 0.29) is 5.69 Å². The zero-order valence-corrected chi connectivity index (χ0v) is 8.16. The van der Waals surface area contributed by atoms with Crippen LogP contribution in [0.4, 0.5) is 0 Å². The van der Waals surface area contributed by atoms with Crippen molar-refractivity contribution in [2.45, 2.75) is 0 Å². The number of fused-ring (bicyclic) bond motifs is 1. The van der Waals surface area contributed by atoms with Gasteiger partial charge in [0.05, 0.1) is 11.4 Å². The van der Waals surface area contributed by atoms with Crippen molar-refractivity contribution in [3.8, 4) is 11.4 Å². The third kappa shape index (κ3) is 1.28. The van der Waals surface area contributed by atoms with Gasteiger partial charge in [-0.25, -0.2) is 19.3 Å². The first-order chi connectivity index (χ1) is 7.84. The largest absolute Gasteiger partial charge is 0.348 e. The Morgan fingerprint density at radius 3 is 2.94 bits per heavy atom. The summed E-state index contributed by atoms with van der Waals surface area (Å²) in [6.45, 7) is 0. The fourth-order valence-electron chi connectivity index (χ4n) is 1.46. The number of aromatic nitrogens is 5. The lowest BCUT2D eigenvalue weighted by Gasteiger charge is -1.98. The highest BCUT2D eigenvalue weighted by molar-refractivity contribution is 5.58. The monoisotopic (exact) mass is 213 g/mol. The first-order valence-electron chi connectivity index (χ1n) is 4.69. The lowest BCUT2D eigenvalue weighted by Crippen LogP contribution is -2.09. The van der Waals surface area contributed by atoms with Gasteiger partial charge in [-0.15, -0.1) is 0 Å². The van der Waals surface area contributed by atoms with Gasteiger partial charge in [0, 0.05) is 12.3 Å². The molecule has 0 unspecified atom stereocenters. The smallest absolute Gasteiger partial charge is 0.255 e. The van der Waals surface area contributed by atoms with Gasteiger partial charge in [0.25, 0.3) is 0 Å². The van der Waals surface area contributed by atoms with Crippen molar-refractivity contribution in [1.29, 1.82) is 0 Å². The van der Waals surface area contributed by atoms with Crippen molar-refractivity contribution >= 4 is 5.65 Å². The van der Waals surface area contributed by atoms with E-state index >= 15 is 0 Å². The molecule has 78 valence electrons. The number of H-pyrrole nitrogens is 1. The Labute approximate surface area is 89.6 Å². The summed E-state index contributed by atoms with van der Waals surface area (Å²) in [5, 5.41) is 6.21. The van der Waals surface area contributed by atoms with Crippen molar-refractivity contribution in [3.63, 3.8) is 0 Å². The number of hydrogen-bond donors (Lipinski definition) is 1. The van der Waals surface area contributed by atoms with E-state index in [1.165, 1.54) is 10.7 Å². The summed E-state index contributed by atoms with van der Waals surface area (Å²) in [5.41, 5.74) is 1.67. The molecule has 0 aliphatic heterocycles. The van der Waals surface area contributed by atoms with Crippen molar-refractivity contribution in [1.82, 2.24) is 24.6 Å². The molecule has 6 heteroatoms.